The van der Waals surface area contributed by atoms with Gasteiger partial charge in [-0.15, -0.1) is 0 Å². The Labute approximate surface area is 126 Å². The van der Waals surface area contributed by atoms with Gasteiger partial charge < -0.3 is 20.9 Å². The maximum absolute atomic E-state index is 12.0. The second-order valence-corrected chi connectivity index (χ2v) is 6.64. The lowest BCUT2D eigenvalue weighted by molar-refractivity contribution is -0.133. The number of amides is 3. The average Bonchev–Trinajstić information content (AvgIpc) is 3.32. The van der Waals surface area contributed by atoms with Gasteiger partial charge in [0, 0.05) is 44.2 Å². The Balaban J connectivity index is 1.37. The molecule has 3 amide bonds. The van der Waals surface area contributed by atoms with E-state index in [4.69, 9.17) is 5.73 Å². The van der Waals surface area contributed by atoms with Crippen LogP contribution in [0.25, 0.3) is 0 Å². The van der Waals surface area contributed by atoms with Crippen LogP contribution < -0.4 is 11.1 Å². The Morgan fingerprint density at radius 1 is 0.810 bits per heavy atom. The van der Waals surface area contributed by atoms with Gasteiger partial charge in [0.25, 0.3) is 0 Å². The zero-order valence-electron chi connectivity index (χ0n) is 12.6. The molecule has 3 N–H and O–H groups in total. The van der Waals surface area contributed by atoms with Gasteiger partial charge in [-0.2, -0.15) is 0 Å². The summed E-state index contributed by atoms with van der Waals surface area (Å²) in [4.78, 5) is 26.9. The van der Waals surface area contributed by atoms with E-state index in [-0.39, 0.29) is 6.03 Å². The molecule has 6 nitrogen and oxygen atoms in total. The van der Waals surface area contributed by atoms with Crippen LogP contribution in [0, 0.1) is 5.92 Å². The van der Waals surface area contributed by atoms with Crippen molar-refractivity contribution in [2.75, 3.05) is 26.2 Å². The Bertz CT molecular complexity index is 394. The van der Waals surface area contributed by atoms with Gasteiger partial charge >= 0.3 is 6.03 Å². The second kappa shape index (κ2) is 6.22. The van der Waals surface area contributed by atoms with Gasteiger partial charge in [0.05, 0.1) is 0 Å². The quantitative estimate of drug-likeness (QED) is 0.796. The van der Waals surface area contributed by atoms with E-state index in [0.717, 1.165) is 64.7 Å². The first kappa shape index (κ1) is 14.6. The van der Waals surface area contributed by atoms with E-state index in [9.17, 15) is 9.59 Å². The summed E-state index contributed by atoms with van der Waals surface area (Å²) in [6, 6.07) is 0.690. The third kappa shape index (κ3) is 3.67. The minimum absolute atomic E-state index is 0.305. The number of nitrogens with one attached hydrogen (secondary N) is 1. The highest BCUT2D eigenvalue weighted by Gasteiger charge is 2.35. The normalized spacial score (nSPS) is 25.1. The molecule has 1 aliphatic carbocycles. The van der Waals surface area contributed by atoms with Crippen LogP contribution in [-0.4, -0.2) is 60.0 Å². The maximum Gasteiger partial charge on any atom is 0.314 e. The molecule has 2 heterocycles. The van der Waals surface area contributed by atoms with Gasteiger partial charge in [-0.05, 0) is 38.5 Å². The average molecular weight is 294 g/mol. The smallest absolute Gasteiger partial charge is 0.314 e. The first-order chi connectivity index (χ1) is 10.1. The molecule has 0 spiro atoms. The number of piperidine rings is 2. The van der Waals surface area contributed by atoms with Crippen molar-refractivity contribution in [1.29, 1.82) is 0 Å². The number of hydrogen-bond donors (Lipinski definition) is 2. The summed E-state index contributed by atoms with van der Waals surface area (Å²) >= 11 is 0. The highest BCUT2D eigenvalue weighted by molar-refractivity contribution is 5.81. The number of rotatable bonds is 3. The van der Waals surface area contributed by atoms with Gasteiger partial charge in [0.2, 0.25) is 5.91 Å². The van der Waals surface area contributed by atoms with E-state index in [0.29, 0.717) is 23.9 Å². The van der Waals surface area contributed by atoms with Crippen LogP contribution in [0.15, 0.2) is 0 Å². The van der Waals surface area contributed by atoms with Crippen molar-refractivity contribution in [2.24, 2.45) is 11.7 Å². The predicted octanol–water partition coefficient (Wildman–Crippen LogP) is 0.520. The van der Waals surface area contributed by atoms with Gasteiger partial charge in [-0.3, -0.25) is 4.79 Å². The van der Waals surface area contributed by atoms with E-state index >= 15 is 0 Å². The van der Waals surface area contributed by atoms with E-state index in [1.807, 2.05) is 4.90 Å². The monoisotopic (exact) mass is 294 g/mol. The third-order valence-electron chi connectivity index (χ3n) is 5.01. The molecular formula is C15H26N4O2. The maximum atomic E-state index is 12.0. The molecule has 0 bridgehead atoms. The van der Waals surface area contributed by atoms with Crippen LogP contribution in [-0.2, 0) is 4.79 Å². The molecule has 1 saturated carbocycles. The van der Waals surface area contributed by atoms with Crippen molar-refractivity contribution < 1.29 is 9.59 Å². The van der Waals surface area contributed by atoms with E-state index in [1.54, 1.807) is 4.90 Å². The van der Waals surface area contributed by atoms with E-state index < -0.39 is 0 Å². The molecule has 0 radical (unpaired) electrons. The van der Waals surface area contributed by atoms with Crippen molar-refractivity contribution in [3.63, 3.8) is 0 Å². The molecule has 2 aliphatic heterocycles. The summed E-state index contributed by atoms with van der Waals surface area (Å²) < 4.78 is 0. The van der Waals surface area contributed by atoms with Crippen LogP contribution >= 0.6 is 0 Å². The van der Waals surface area contributed by atoms with Crippen LogP contribution in [0.2, 0.25) is 0 Å². The molecule has 0 aromatic carbocycles. The molecule has 0 aromatic heterocycles. The first-order valence-electron chi connectivity index (χ1n) is 8.22. The highest BCUT2D eigenvalue weighted by Crippen LogP contribution is 2.32. The Kier molecular flexibility index (Phi) is 4.33. The van der Waals surface area contributed by atoms with Crippen LogP contribution in [0.4, 0.5) is 4.79 Å². The summed E-state index contributed by atoms with van der Waals surface area (Å²) in [5, 5.41) is 3.70. The lowest BCUT2D eigenvalue weighted by atomic mass is 9.99. The van der Waals surface area contributed by atoms with Gasteiger partial charge in [0.15, 0.2) is 0 Å². The lowest BCUT2D eigenvalue weighted by Crippen LogP contribution is -2.52. The molecule has 3 fully saturated rings. The number of urea groups is 1. The van der Waals surface area contributed by atoms with Crippen molar-refractivity contribution in [3.8, 4) is 0 Å². The van der Waals surface area contributed by atoms with Crippen molar-refractivity contribution in [3.05, 3.63) is 0 Å². The number of primary amides is 1. The summed E-state index contributed by atoms with van der Waals surface area (Å²) in [5.74, 6) is 0.718. The van der Waals surface area contributed by atoms with E-state index in [1.165, 1.54) is 0 Å². The van der Waals surface area contributed by atoms with Crippen molar-refractivity contribution >= 4 is 11.9 Å². The van der Waals surface area contributed by atoms with Gasteiger partial charge in [-0.1, -0.05) is 0 Å². The summed E-state index contributed by atoms with van der Waals surface area (Å²) in [6.07, 6.45) is 6.24. The fourth-order valence-electron chi connectivity index (χ4n) is 3.45. The van der Waals surface area contributed by atoms with E-state index in [2.05, 4.69) is 5.32 Å². The fourth-order valence-corrected chi connectivity index (χ4v) is 3.45. The predicted molar refractivity (Wildman–Crippen MR) is 79.6 cm³/mol. The third-order valence-corrected chi connectivity index (χ3v) is 5.01. The molecular weight excluding hydrogens is 268 g/mol. The zero-order chi connectivity index (χ0) is 14.8. The Morgan fingerprint density at radius 2 is 1.29 bits per heavy atom. The standard InChI is InChI=1S/C15H26N4O2/c16-15(21)19-9-5-13(6-10-19)17-12-3-7-18(8-4-12)14(20)11-1-2-11/h11-13,17H,1-10H2,(H2,16,21). The molecule has 0 aromatic rings. The fraction of sp³-hybridized carbons (Fsp3) is 0.867. The number of likely N-dealkylation sites (tertiary alicyclic amines) is 2. The molecule has 2 saturated heterocycles. The molecule has 0 atom stereocenters. The molecule has 118 valence electrons. The second-order valence-electron chi connectivity index (χ2n) is 6.64. The topological polar surface area (TPSA) is 78.7 Å². The Morgan fingerprint density at radius 3 is 1.71 bits per heavy atom. The van der Waals surface area contributed by atoms with Crippen LogP contribution in [0.5, 0.6) is 0 Å². The highest BCUT2D eigenvalue weighted by atomic mass is 16.2. The van der Waals surface area contributed by atoms with Crippen LogP contribution in [0.3, 0.4) is 0 Å². The number of nitrogens with two attached hydrogens (primary N) is 1. The number of hydrogen-bond acceptors (Lipinski definition) is 3. The molecule has 21 heavy (non-hydrogen) atoms. The molecule has 3 rings (SSSR count). The lowest BCUT2D eigenvalue weighted by Gasteiger charge is -2.37. The van der Waals surface area contributed by atoms with Crippen LogP contribution in [0.1, 0.15) is 38.5 Å². The Hall–Kier alpha value is -1.30. The first-order valence-corrected chi connectivity index (χ1v) is 8.22. The number of carbonyl (C=O) groups excluding carboxylic acids is 2. The largest absolute Gasteiger partial charge is 0.351 e. The molecule has 3 aliphatic rings. The zero-order valence-corrected chi connectivity index (χ0v) is 12.6. The number of carbonyl (C=O) groups is 2. The van der Waals surface area contributed by atoms with Gasteiger partial charge in [0.1, 0.15) is 0 Å². The van der Waals surface area contributed by atoms with Gasteiger partial charge in [-0.25, -0.2) is 4.79 Å². The number of nitrogens with zero attached hydrogens (tertiary/aromatic N) is 2. The van der Waals surface area contributed by atoms with Crippen molar-refractivity contribution in [2.45, 2.75) is 50.6 Å². The SMILES string of the molecule is NC(=O)N1CCC(NC2CCN(C(=O)C3CC3)CC2)CC1. The molecule has 6 heteroatoms. The molecule has 0 unspecified atom stereocenters. The minimum atomic E-state index is -0.305. The summed E-state index contributed by atoms with van der Waals surface area (Å²) in [7, 11) is 0. The minimum Gasteiger partial charge on any atom is -0.351 e. The summed E-state index contributed by atoms with van der Waals surface area (Å²) in [6.45, 7) is 3.30. The summed E-state index contributed by atoms with van der Waals surface area (Å²) in [5.41, 5.74) is 5.30. The van der Waals surface area contributed by atoms with Crippen molar-refractivity contribution in [1.82, 2.24) is 15.1 Å².